The Bertz CT molecular complexity index is 346. The van der Waals surface area contributed by atoms with Gasteiger partial charge in [-0.2, -0.15) is 0 Å². The summed E-state index contributed by atoms with van der Waals surface area (Å²) in [7, 11) is 0. The van der Waals surface area contributed by atoms with Crippen molar-refractivity contribution in [3.63, 3.8) is 0 Å². The highest BCUT2D eigenvalue weighted by atomic mass is 16.4. The van der Waals surface area contributed by atoms with Crippen LogP contribution in [0.15, 0.2) is 0 Å². The standard InChI is InChI=1S/C7H10N4O2/c8-7-10-3-1-4(6(12)13)9-2-5(3)11-7/h4,9H,1-2H2,(H,12,13)(H3,8,10,11). The van der Waals surface area contributed by atoms with Crippen molar-refractivity contribution >= 4 is 11.9 Å². The van der Waals surface area contributed by atoms with Gasteiger partial charge in [-0.05, 0) is 0 Å². The van der Waals surface area contributed by atoms with Crippen molar-refractivity contribution in [1.29, 1.82) is 0 Å². The molecular formula is C7H10N4O2. The number of nitrogens with zero attached hydrogens (tertiary/aromatic N) is 1. The molecule has 1 aliphatic heterocycles. The minimum absolute atomic E-state index is 0.345. The summed E-state index contributed by atoms with van der Waals surface area (Å²) in [5, 5.41) is 11.6. The second-order valence-corrected chi connectivity index (χ2v) is 3.02. The van der Waals surface area contributed by atoms with Crippen molar-refractivity contribution in [3.8, 4) is 0 Å². The molecule has 0 amide bonds. The molecule has 0 radical (unpaired) electrons. The van der Waals surface area contributed by atoms with Crippen LogP contribution < -0.4 is 11.1 Å². The molecule has 13 heavy (non-hydrogen) atoms. The van der Waals surface area contributed by atoms with Crippen LogP contribution in [0.4, 0.5) is 5.95 Å². The van der Waals surface area contributed by atoms with E-state index in [1.54, 1.807) is 0 Å². The topological polar surface area (TPSA) is 104 Å². The van der Waals surface area contributed by atoms with Gasteiger partial charge >= 0.3 is 5.97 Å². The number of aromatic nitrogens is 2. The molecule has 1 aliphatic rings. The number of H-pyrrole nitrogens is 1. The number of aromatic amines is 1. The Morgan fingerprint density at radius 1 is 1.69 bits per heavy atom. The van der Waals surface area contributed by atoms with E-state index >= 15 is 0 Å². The third-order valence-corrected chi connectivity index (χ3v) is 2.10. The largest absolute Gasteiger partial charge is 0.480 e. The van der Waals surface area contributed by atoms with Crippen LogP contribution in [0.3, 0.4) is 0 Å². The van der Waals surface area contributed by atoms with Gasteiger partial charge in [-0.15, -0.1) is 0 Å². The number of hydrogen-bond donors (Lipinski definition) is 4. The molecule has 0 saturated heterocycles. The average molecular weight is 182 g/mol. The van der Waals surface area contributed by atoms with E-state index in [2.05, 4.69) is 15.3 Å². The number of anilines is 1. The molecule has 70 valence electrons. The van der Waals surface area contributed by atoms with Gasteiger partial charge in [0.1, 0.15) is 6.04 Å². The summed E-state index contributed by atoms with van der Waals surface area (Å²) in [5.74, 6) is -0.509. The van der Waals surface area contributed by atoms with Crippen molar-refractivity contribution in [2.24, 2.45) is 0 Å². The van der Waals surface area contributed by atoms with E-state index in [-0.39, 0.29) is 0 Å². The number of nitrogens with two attached hydrogens (primary N) is 1. The lowest BCUT2D eigenvalue weighted by Crippen LogP contribution is -2.41. The minimum atomic E-state index is -0.854. The van der Waals surface area contributed by atoms with E-state index < -0.39 is 12.0 Å². The van der Waals surface area contributed by atoms with Crippen LogP contribution in [0, 0.1) is 0 Å². The molecule has 0 saturated carbocycles. The third kappa shape index (κ3) is 1.35. The van der Waals surface area contributed by atoms with Crippen molar-refractivity contribution in [1.82, 2.24) is 15.3 Å². The molecule has 0 aliphatic carbocycles. The maximum absolute atomic E-state index is 10.6. The molecule has 0 spiro atoms. The van der Waals surface area contributed by atoms with Crippen molar-refractivity contribution in [2.45, 2.75) is 19.0 Å². The number of carboxylic acid groups (broad SMARTS) is 1. The van der Waals surface area contributed by atoms with E-state index in [1.807, 2.05) is 0 Å². The van der Waals surface area contributed by atoms with Crippen molar-refractivity contribution in [2.75, 3.05) is 5.73 Å². The monoisotopic (exact) mass is 182 g/mol. The number of aliphatic carboxylic acids is 1. The quantitative estimate of drug-likeness (QED) is 0.450. The number of nitrogens with one attached hydrogen (secondary N) is 2. The predicted octanol–water partition coefficient (Wildman–Crippen LogP) is -0.909. The number of rotatable bonds is 1. The summed E-state index contributed by atoms with van der Waals surface area (Å²) < 4.78 is 0. The molecule has 1 unspecified atom stereocenters. The molecule has 0 fully saturated rings. The number of hydrogen-bond acceptors (Lipinski definition) is 4. The predicted molar refractivity (Wildman–Crippen MR) is 45.0 cm³/mol. The van der Waals surface area contributed by atoms with Crippen LogP contribution in [0.25, 0.3) is 0 Å². The smallest absolute Gasteiger partial charge is 0.321 e. The van der Waals surface area contributed by atoms with Gasteiger partial charge in [0.25, 0.3) is 0 Å². The van der Waals surface area contributed by atoms with E-state index in [0.29, 0.717) is 18.9 Å². The fraction of sp³-hybridized carbons (Fsp3) is 0.429. The average Bonchev–Trinajstić information content (AvgIpc) is 2.42. The fourth-order valence-corrected chi connectivity index (χ4v) is 1.45. The molecule has 6 heteroatoms. The Labute approximate surface area is 74.2 Å². The first kappa shape index (κ1) is 8.06. The highest BCUT2D eigenvalue weighted by Crippen LogP contribution is 2.14. The van der Waals surface area contributed by atoms with Crippen LogP contribution in [0.2, 0.25) is 0 Å². The summed E-state index contributed by atoms with van der Waals surface area (Å²) in [4.78, 5) is 17.5. The first-order chi connectivity index (χ1) is 6.16. The normalized spacial score (nSPS) is 21.1. The van der Waals surface area contributed by atoms with Gasteiger partial charge in [-0.3, -0.25) is 10.1 Å². The number of carbonyl (C=O) groups is 1. The summed E-state index contributed by atoms with van der Waals surface area (Å²) >= 11 is 0. The molecular weight excluding hydrogens is 172 g/mol. The molecule has 2 heterocycles. The summed E-state index contributed by atoms with van der Waals surface area (Å²) in [6, 6.07) is -0.546. The zero-order valence-electron chi connectivity index (χ0n) is 6.87. The number of fused-ring (bicyclic) bond motifs is 1. The van der Waals surface area contributed by atoms with Gasteiger partial charge in [0, 0.05) is 13.0 Å². The van der Waals surface area contributed by atoms with Crippen LogP contribution in [0.1, 0.15) is 11.4 Å². The van der Waals surface area contributed by atoms with Gasteiger partial charge in [0.2, 0.25) is 0 Å². The maximum atomic E-state index is 10.6. The highest BCUT2D eigenvalue weighted by Gasteiger charge is 2.25. The Morgan fingerprint density at radius 3 is 3.15 bits per heavy atom. The Morgan fingerprint density at radius 2 is 2.46 bits per heavy atom. The van der Waals surface area contributed by atoms with Crippen LogP contribution in [0.5, 0.6) is 0 Å². The van der Waals surface area contributed by atoms with E-state index in [1.165, 1.54) is 0 Å². The lowest BCUT2D eigenvalue weighted by molar-refractivity contribution is -0.139. The number of nitrogen functional groups attached to an aromatic ring is 1. The molecule has 0 aromatic carbocycles. The first-order valence-electron chi connectivity index (χ1n) is 3.96. The van der Waals surface area contributed by atoms with Gasteiger partial charge in [0.05, 0.1) is 11.4 Å². The van der Waals surface area contributed by atoms with Crippen LogP contribution >= 0.6 is 0 Å². The lowest BCUT2D eigenvalue weighted by atomic mass is 10.1. The third-order valence-electron chi connectivity index (χ3n) is 2.10. The first-order valence-corrected chi connectivity index (χ1v) is 3.96. The number of carboxylic acids is 1. The molecule has 0 bridgehead atoms. The van der Waals surface area contributed by atoms with E-state index in [4.69, 9.17) is 10.8 Å². The molecule has 1 aromatic heterocycles. The molecule has 2 rings (SSSR count). The minimum Gasteiger partial charge on any atom is -0.480 e. The number of imidazole rings is 1. The molecule has 1 aromatic rings. The molecule has 5 N–H and O–H groups in total. The van der Waals surface area contributed by atoms with Crippen LogP contribution in [-0.4, -0.2) is 27.1 Å². The van der Waals surface area contributed by atoms with Crippen molar-refractivity contribution < 1.29 is 9.90 Å². The second-order valence-electron chi connectivity index (χ2n) is 3.02. The summed E-state index contributed by atoms with van der Waals surface area (Å²) in [6.45, 7) is 0.483. The summed E-state index contributed by atoms with van der Waals surface area (Å²) in [6.07, 6.45) is 0.387. The van der Waals surface area contributed by atoms with E-state index in [9.17, 15) is 4.79 Å². The lowest BCUT2D eigenvalue weighted by Gasteiger charge is -2.18. The highest BCUT2D eigenvalue weighted by molar-refractivity contribution is 5.74. The van der Waals surface area contributed by atoms with E-state index in [0.717, 1.165) is 11.4 Å². The summed E-state index contributed by atoms with van der Waals surface area (Å²) in [5.41, 5.74) is 7.08. The molecule has 1 atom stereocenters. The SMILES string of the molecule is Nc1nc2c([nH]1)CNC(C(=O)O)C2. The second kappa shape index (κ2) is 2.74. The Hall–Kier alpha value is -1.56. The van der Waals surface area contributed by atoms with Gasteiger partial charge in [-0.25, -0.2) is 4.98 Å². The molecule has 6 nitrogen and oxygen atoms in total. The maximum Gasteiger partial charge on any atom is 0.321 e. The van der Waals surface area contributed by atoms with Gasteiger partial charge in [-0.1, -0.05) is 0 Å². The Kier molecular flexibility index (Phi) is 1.70. The Balaban J connectivity index is 2.24. The zero-order valence-corrected chi connectivity index (χ0v) is 6.87. The van der Waals surface area contributed by atoms with Gasteiger partial charge < -0.3 is 15.8 Å². The van der Waals surface area contributed by atoms with Gasteiger partial charge in [0.15, 0.2) is 5.95 Å². The van der Waals surface area contributed by atoms with Crippen molar-refractivity contribution in [3.05, 3.63) is 11.4 Å². The zero-order chi connectivity index (χ0) is 9.42. The van der Waals surface area contributed by atoms with Crippen LogP contribution in [-0.2, 0) is 17.8 Å². The fourth-order valence-electron chi connectivity index (χ4n) is 1.45.